The fourth-order valence-corrected chi connectivity index (χ4v) is 8.60. The molecule has 4 rings (SSSR count). The molecule has 2 bridgehead atoms. The van der Waals surface area contributed by atoms with Gasteiger partial charge in [0.2, 0.25) is 0 Å². The third kappa shape index (κ3) is 3.02. The van der Waals surface area contributed by atoms with Crippen LogP contribution in [0.3, 0.4) is 0 Å². The zero-order valence-electron chi connectivity index (χ0n) is 17.4. The molecule has 4 fully saturated rings. The van der Waals surface area contributed by atoms with Crippen LogP contribution in [0.25, 0.3) is 0 Å². The third-order valence-electron chi connectivity index (χ3n) is 8.25. The van der Waals surface area contributed by atoms with Crippen LogP contribution in [0.5, 0.6) is 0 Å². The number of rotatable bonds is 3. The van der Waals surface area contributed by atoms with Crippen LogP contribution in [0.15, 0.2) is 0 Å². The SMILES string of the molecule is CC(=O)OC1(CC2CCC34C(=O)OC(C)(CCC3Br)C24)CCC(Br)C(C)(C)C1. The van der Waals surface area contributed by atoms with Crippen LogP contribution in [-0.4, -0.2) is 32.8 Å². The summed E-state index contributed by atoms with van der Waals surface area (Å²) in [6.07, 6.45) is 7.36. The maximum absolute atomic E-state index is 13.0. The zero-order chi connectivity index (χ0) is 20.5. The Labute approximate surface area is 185 Å². The Hall–Kier alpha value is -0.100. The molecule has 7 atom stereocenters. The molecule has 0 aromatic carbocycles. The van der Waals surface area contributed by atoms with Crippen LogP contribution >= 0.6 is 31.9 Å². The first-order valence-electron chi connectivity index (χ1n) is 10.7. The Kier molecular flexibility index (Phi) is 5.06. The molecule has 4 aliphatic rings. The van der Waals surface area contributed by atoms with Gasteiger partial charge < -0.3 is 9.47 Å². The Balaban J connectivity index is 1.65. The van der Waals surface area contributed by atoms with Crippen molar-refractivity contribution in [2.45, 2.75) is 99.9 Å². The number of hydrogen-bond donors (Lipinski definition) is 0. The molecular formula is C22H32Br2O4. The van der Waals surface area contributed by atoms with Gasteiger partial charge in [0.05, 0.1) is 5.41 Å². The van der Waals surface area contributed by atoms with Gasteiger partial charge in [-0.05, 0) is 69.6 Å². The molecular weight excluding hydrogens is 488 g/mol. The summed E-state index contributed by atoms with van der Waals surface area (Å²) in [6, 6.07) is 0. The highest BCUT2D eigenvalue weighted by atomic mass is 79.9. The lowest BCUT2D eigenvalue weighted by atomic mass is 9.59. The molecule has 0 spiro atoms. The van der Waals surface area contributed by atoms with Gasteiger partial charge in [0.15, 0.2) is 0 Å². The number of hydrogen-bond acceptors (Lipinski definition) is 4. The van der Waals surface area contributed by atoms with Gasteiger partial charge in [-0.25, -0.2) is 0 Å². The predicted octanol–water partition coefficient (Wildman–Crippen LogP) is 5.54. The fraction of sp³-hybridized carbons (Fsp3) is 0.909. The van der Waals surface area contributed by atoms with Crippen molar-refractivity contribution in [3.05, 3.63) is 0 Å². The van der Waals surface area contributed by atoms with E-state index in [1.807, 2.05) is 0 Å². The van der Waals surface area contributed by atoms with E-state index in [9.17, 15) is 9.59 Å². The second-order valence-corrected chi connectivity index (χ2v) is 12.9. The third-order valence-corrected chi connectivity index (χ3v) is 11.2. The molecule has 0 N–H and O–H groups in total. The summed E-state index contributed by atoms with van der Waals surface area (Å²) >= 11 is 7.68. The van der Waals surface area contributed by atoms with Crippen LogP contribution < -0.4 is 0 Å². The lowest BCUT2D eigenvalue weighted by Gasteiger charge is -2.49. The summed E-state index contributed by atoms with van der Waals surface area (Å²) in [6.45, 7) is 8.17. The molecule has 3 saturated carbocycles. The Morgan fingerprint density at radius 3 is 2.43 bits per heavy atom. The first kappa shape index (κ1) is 21.1. The van der Waals surface area contributed by atoms with Crippen molar-refractivity contribution in [3.8, 4) is 0 Å². The molecule has 0 amide bonds. The number of carbonyl (C=O) groups is 2. The first-order valence-corrected chi connectivity index (χ1v) is 12.5. The average Bonchev–Trinajstić information content (AvgIpc) is 3.03. The monoisotopic (exact) mass is 518 g/mol. The molecule has 1 heterocycles. The van der Waals surface area contributed by atoms with E-state index in [1.165, 1.54) is 6.92 Å². The number of halogens is 2. The van der Waals surface area contributed by atoms with Crippen molar-refractivity contribution < 1.29 is 19.1 Å². The molecule has 6 heteroatoms. The smallest absolute Gasteiger partial charge is 0.314 e. The molecule has 7 unspecified atom stereocenters. The first-order chi connectivity index (χ1) is 12.9. The molecule has 28 heavy (non-hydrogen) atoms. The van der Waals surface area contributed by atoms with E-state index in [-0.39, 0.29) is 33.7 Å². The molecule has 0 aromatic heterocycles. The topological polar surface area (TPSA) is 52.6 Å². The van der Waals surface area contributed by atoms with Gasteiger partial charge in [0, 0.05) is 22.5 Å². The van der Waals surface area contributed by atoms with E-state index in [0.29, 0.717) is 10.7 Å². The lowest BCUT2D eigenvalue weighted by Crippen LogP contribution is -2.52. The average molecular weight is 520 g/mol. The maximum atomic E-state index is 13.0. The largest absolute Gasteiger partial charge is 0.459 e. The highest BCUT2D eigenvalue weighted by Gasteiger charge is 2.72. The van der Waals surface area contributed by atoms with Gasteiger partial charge in [-0.1, -0.05) is 45.7 Å². The Morgan fingerprint density at radius 1 is 1.11 bits per heavy atom. The second-order valence-electron chi connectivity index (χ2n) is 10.7. The molecule has 0 radical (unpaired) electrons. The summed E-state index contributed by atoms with van der Waals surface area (Å²) in [5.41, 5.74) is -1.14. The van der Waals surface area contributed by atoms with Crippen molar-refractivity contribution in [2.75, 3.05) is 0 Å². The normalized spacial score (nSPS) is 49.4. The van der Waals surface area contributed by atoms with E-state index in [2.05, 4.69) is 52.6 Å². The van der Waals surface area contributed by atoms with Crippen molar-refractivity contribution in [2.24, 2.45) is 22.7 Å². The standard InChI is InChI=1S/C22H32Br2O4/c1-13(25)27-21(9-7-15(23)19(2,3)12-21)11-14-5-10-22-16(24)6-8-20(4,17(14)22)28-18(22)26/h14-17H,5-12H2,1-4H3. The van der Waals surface area contributed by atoms with E-state index in [0.717, 1.165) is 51.4 Å². The minimum Gasteiger partial charge on any atom is -0.459 e. The van der Waals surface area contributed by atoms with Gasteiger partial charge in [0.25, 0.3) is 0 Å². The number of esters is 2. The van der Waals surface area contributed by atoms with E-state index in [4.69, 9.17) is 9.47 Å². The van der Waals surface area contributed by atoms with Crippen LogP contribution in [0.4, 0.5) is 0 Å². The van der Waals surface area contributed by atoms with E-state index >= 15 is 0 Å². The van der Waals surface area contributed by atoms with E-state index < -0.39 is 11.0 Å². The van der Waals surface area contributed by atoms with Crippen molar-refractivity contribution in [3.63, 3.8) is 0 Å². The Morgan fingerprint density at radius 2 is 1.79 bits per heavy atom. The van der Waals surface area contributed by atoms with Gasteiger partial charge >= 0.3 is 11.9 Å². The van der Waals surface area contributed by atoms with Crippen LogP contribution in [-0.2, 0) is 19.1 Å². The molecule has 0 aromatic rings. The number of ether oxygens (including phenoxy) is 2. The van der Waals surface area contributed by atoms with Gasteiger partial charge in [-0.15, -0.1) is 0 Å². The molecule has 3 aliphatic carbocycles. The van der Waals surface area contributed by atoms with Crippen LogP contribution in [0.2, 0.25) is 0 Å². The summed E-state index contributed by atoms with van der Waals surface area (Å²) in [5.74, 6) is 0.356. The molecule has 1 aliphatic heterocycles. The summed E-state index contributed by atoms with van der Waals surface area (Å²) < 4.78 is 12.1. The van der Waals surface area contributed by atoms with Gasteiger partial charge in [0.1, 0.15) is 11.2 Å². The van der Waals surface area contributed by atoms with Gasteiger partial charge in [-0.3, -0.25) is 9.59 Å². The number of carbonyl (C=O) groups excluding carboxylic acids is 2. The maximum Gasteiger partial charge on any atom is 0.314 e. The van der Waals surface area contributed by atoms with E-state index in [1.54, 1.807) is 0 Å². The van der Waals surface area contributed by atoms with Crippen LogP contribution in [0.1, 0.15) is 79.1 Å². The van der Waals surface area contributed by atoms with Crippen molar-refractivity contribution in [1.82, 2.24) is 0 Å². The minimum absolute atomic E-state index is 0.00657. The highest BCUT2D eigenvalue weighted by molar-refractivity contribution is 9.09. The minimum atomic E-state index is -0.437. The predicted molar refractivity (Wildman–Crippen MR) is 115 cm³/mol. The Bertz CT molecular complexity index is 694. The summed E-state index contributed by atoms with van der Waals surface area (Å²) in [5, 5.41) is 0. The second kappa shape index (κ2) is 6.70. The van der Waals surface area contributed by atoms with Gasteiger partial charge in [-0.2, -0.15) is 0 Å². The molecule has 4 nitrogen and oxygen atoms in total. The zero-order valence-corrected chi connectivity index (χ0v) is 20.5. The molecule has 158 valence electrons. The van der Waals surface area contributed by atoms with Crippen molar-refractivity contribution in [1.29, 1.82) is 0 Å². The van der Waals surface area contributed by atoms with Crippen LogP contribution in [0, 0.1) is 22.7 Å². The number of alkyl halides is 2. The van der Waals surface area contributed by atoms with Crippen molar-refractivity contribution >= 4 is 43.8 Å². The summed E-state index contributed by atoms with van der Waals surface area (Å²) in [4.78, 5) is 25.6. The lowest BCUT2D eigenvalue weighted by molar-refractivity contribution is -0.169. The summed E-state index contributed by atoms with van der Waals surface area (Å²) in [7, 11) is 0. The quantitative estimate of drug-likeness (QED) is 0.363. The fourth-order valence-electron chi connectivity index (χ4n) is 7.28. The highest BCUT2D eigenvalue weighted by Crippen LogP contribution is 2.68. The molecule has 1 saturated heterocycles.